The standard InChI is InChI=1S/C21H32O3/c1-6-20(4)11-15-13(2)7-9-21(14(3)19(20)23)10-8-17(24-5)18(21)16(15)12-22/h6,13-15,17,22H,1,7-12H2,2-5H3/t13-,14+,15-,17-,20-,21+/m1/s1. The number of carbonyl (C=O) groups excluding carboxylic acids is 1. The van der Waals surface area contributed by atoms with E-state index >= 15 is 0 Å². The molecule has 0 aromatic carbocycles. The zero-order valence-corrected chi connectivity index (χ0v) is 15.6. The molecule has 134 valence electrons. The average Bonchev–Trinajstić information content (AvgIpc) is 2.92. The lowest BCUT2D eigenvalue weighted by atomic mass is 9.59. The number of ether oxygens (including phenoxy) is 1. The maximum Gasteiger partial charge on any atom is 0.146 e. The number of aliphatic hydroxyl groups excluding tert-OH is 1. The Balaban J connectivity index is 2.28. The van der Waals surface area contributed by atoms with E-state index in [-0.39, 0.29) is 30.0 Å². The highest BCUT2D eigenvalue weighted by molar-refractivity contribution is 5.89. The van der Waals surface area contributed by atoms with Gasteiger partial charge in [0.05, 0.1) is 12.7 Å². The van der Waals surface area contributed by atoms with Gasteiger partial charge in [0.2, 0.25) is 0 Å². The second-order valence-corrected chi connectivity index (χ2v) is 8.55. The monoisotopic (exact) mass is 332 g/mol. The molecule has 1 fully saturated rings. The summed E-state index contributed by atoms with van der Waals surface area (Å²) < 4.78 is 5.81. The van der Waals surface area contributed by atoms with Crippen molar-refractivity contribution in [1.82, 2.24) is 0 Å². The van der Waals surface area contributed by atoms with E-state index in [9.17, 15) is 9.90 Å². The molecule has 3 heteroatoms. The van der Waals surface area contributed by atoms with E-state index in [4.69, 9.17) is 4.74 Å². The van der Waals surface area contributed by atoms with Gasteiger partial charge >= 0.3 is 0 Å². The third kappa shape index (κ3) is 2.28. The number of Topliss-reactive ketones (excluding diaryl/α,β-unsaturated/α-hetero) is 1. The Morgan fingerprint density at radius 1 is 1.33 bits per heavy atom. The number of rotatable bonds is 3. The van der Waals surface area contributed by atoms with Crippen LogP contribution in [-0.4, -0.2) is 30.7 Å². The molecule has 0 saturated heterocycles. The Morgan fingerprint density at radius 2 is 2.00 bits per heavy atom. The molecular formula is C21H32O3. The van der Waals surface area contributed by atoms with Crippen LogP contribution in [0.15, 0.2) is 23.8 Å². The van der Waals surface area contributed by atoms with Crippen LogP contribution in [0.4, 0.5) is 0 Å². The number of allylic oxidation sites excluding steroid dienone is 1. The summed E-state index contributed by atoms with van der Waals surface area (Å²) in [7, 11) is 1.76. The maximum atomic E-state index is 13.4. The quantitative estimate of drug-likeness (QED) is 0.797. The minimum atomic E-state index is -0.507. The summed E-state index contributed by atoms with van der Waals surface area (Å²) >= 11 is 0. The Kier molecular flexibility index (Phi) is 4.55. The van der Waals surface area contributed by atoms with Crippen LogP contribution in [0, 0.1) is 28.6 Å². The molecule has 0 spiro atoms. The van der Waals surface area contributed by atoms with Crippen LogP contribution in [0.3, 0.4) is 0 Å². The molecule has 3 nitrogen and oxygen atoms in total. The third-order valence-corrected chi connectivity index (χ3v) is 7.57. The van der Waals surface area contributed by atoms with Gasteiger partial charge in [0.1, 0.15) is 5.78 Å². The Morgan fingerprint density at radius 3 is 2.58 bits per heavy atom. The van der Waals surface area contributed by atoms with E-state index in [1.54, 1.807) is 7.11 Å². The summed E-state index contributed by atoms with van der Waals surface area (Å²) in [4.78, 5) is 13.4. The predicted molar refractivity (Wildman–Crippen MR) is 95.6 cm³/mol. The molecule has 0 heterocycles. The molecule has 0 aromatic rings. The fourth-order valence-electron chi connectivity index (χ4n) is 5.92. The first-order valence-electron chi connectivity index (χ1n) is 9.39. The Bertz CT molecular complexity index is 578. The highest BCUT2D eigenvalue weighted by Gasteiger charge is 2.57. The highest BCUT2D eigenvalue weighted by atomic mass is 16.5. The summed E-state index contributed by atoms with van der Waals surface area (Å²) in [5, 5.41) is 10.3. The van der Waals surface area contributed by atoms with Crippen molar-refractivity contribution in [2.45, 2.75) is 59.0 Å². The Labute approximate surface area is 146 Å². The maximum absolute atomic E-state index is 13.4. The number of hydrogen-bond donors (Lipinski definition) is 1. The van der Waals surface area contributed by atoms with Crippen molar-refractivity contribution in [1.29, 1.82) is 0 Å². The highest BCUT2D eigenvalue weighted by Crippen LogP contribution is 2.61. The molecule has 0 radical (unpaired) electrons. The predicted octanol–water partition coefficient (Wildman–Crippen LogP) is 3.92. The fraction of sp³-hybridized carbons (Fsp3) is 0.762. The molecule has 0 amide bonds. The van der Waals surface area contributed by atoms with Crippen LogP contribution >= 0.6 is 0 Å². The molecule has 1 saturated carbocycles. The van der Waals surface area contributed by atoms with E-state index in [2.05, 4.69) is 20.4 Å². The SMILES string of the molecule is C=C[C@]1(C)C[C@H]2C(CO)=C3[C@H](OC)CC[C@@]3(CC[C@H]2C)[C@@H](C)C1=O. The van der Waals surface area contributed by atoms with Crippen molar-refractivity contribution in [2.75, 3.05) is 13.7 Å². The minimum Gasteiger partial charge on any atom is -0.392 e. The second-order valence-electron chi connectivity index (χ2n) is 8.55. The van der Waals surface area contributed by atoms with E-state index in [0.29, 0.717) is 11.7 Å². The first-order valence-corrected chi connectivity index (χ1v) is 9.39. The summed E-state index contributed by atoms with van der Waals surface area (Å²) in [6.07, 6.45) is 6.76. The van der Waals surface area contributed by atoms with Gasteiger partial charge in [0.25, 0.3) is 0 Å². The van der Waals surface area contributed by atoms with Crippen molar-refractivity contribution in [3.05, 3.63) is 23.8 Å². The van der Waals surface area contributed by atoms with Crippen LogP contribution in [0.2, 0.25) is 0 Å². The van der Waals surface area contributed by atoms with Crippen molar-refractivity contribution in [2.24, 2.45) is 28.6 Å². The normalized spacial score (nSPS) is 45.6. The lowest BCUT2D eigenvalue weighted by Crippen LogP contribution is -2.44. The zero-order valence-electron chi connectivity index (χ0n) is 15.6. The molecule has 2 bridgehead atoms. The van der Waals surface area contributed by atoms with Crippen LogP contribution in [-0.2, 0) is 9.53 Å². The molecule has 3 rings (SSSR count). The van der Waals surface area contributed by atoms with Crippen LogP contribution in [0.1, 0.15) is 52.9 Å². The number of carbonyl (C=O) groups is 1. The molecule has 24 heavy (non-hydrogen) atoms. The van der Waals surface area contributed by atoms with Gasteiger partial charge in [-0.2, -0.15) is 0 Å². The molecule has 6 atom stereocenters. The van der Waals surface area contributed by atoms with Crippen molar-refractivity contribution in [3.8, 4) is 0 Å². The molecule has 0 unspecified atom stereocenters. The van der Waals surface area contributed by atoms with Crippen molar-refractivity contribution >= 4 is 5.78 Å². The molecule has 1 N–H and O–H groups in total. The molecule has 3 aliphatic rings. The average molecular weight is 332 g/mol. The van der Waals surface area contributed by atoms with E-state index in [1.165, 1.54) is 5.57 Å². The van der Waals surface area contributed by atoms with Gasteiger partial charge in [-0.05, 0) is 62.0 Å². The zero-order chi connectivity index (χ0) is 17.7. The van der Waals surface area contributed by atoms with E-state index < -0.39 is 5.41 Å². The third-order valence-electron chi connectivity index (χ3n) is 7.57. The number of aliphatic hydroxyl groups is 1. The molecule has 0 aromatic heterocycles. The lowest BCUT2D eigenvalue weighted by molar-refractivity contribution is -0.133. The molecule has 3 aliphatic carbocycles. The van der Waals surface area contributed by atoms with Gasteiger partial charge < -0.3 is 9.84 Å². The molecular weight excluding hydrogens is 300 g/mol. The number of fused-ring (bicyclic) bond motifs is 1. The summed E-state index contributed by atoms with van der Waals surface area (Å²) in [5.74, 6) is 0.977. The van der Waals surface area contributed by atoms with Crippen LogP contribution in [0.5, 0.6) is 0 Å². The number of methoxy groups -OCH3 is 1. The first kappa shape index (κ1) is 17.9. The Hall–Kier alpha value is -0.930. The lowest BCUT2D eigenvalue weighted by Gasteiger charge is -2.44. The minimum absolute atomic E-state index is 0.0524. The van der Waals surface area contributed by atoms with Crippen LogP contribution < -0.4 is 0 Å². The van der Waals surface area contributed by atoms with Gasteiger partial charge in [-0.15, -0.1) is 6.58 Å². The van der Waals surface area contributed by atoms with Gasteiger partial charge in [-0.1, -0.05) is 19.9 Å². The number of ketones is 1. The van der Waals surface area contributed by atoms with E-state index in [1.807, 2.05) is 13.0 Å². The van der Waals surface area contributed by atoms with Gasteiger partial charge in [0.15, 0.2) is 0 Å². The van der Waals surface area contributed by atoms with Gasteiger partial charge in [-0.25, -0.2) is 0 Å². The number of hydrogen-bond acceptors (Lipinski definition) is 3. The van der Waals surface area contributed by atoms with E-state index in [0.717, 1.165) is 37.7 Å². The molecule has 0 aliphatic heterocycles. The first-order chi connectivity index (χ1) is 11.3. The fourth-order valence-corrected chi connectivity index (χ4v) is 5.92. The van der Waals surface area contributed by atoms with Gasteiger partial charge in [-0.3, -0.25) is 4.79 Å². The van der Waals surface area contributed by atoms with Gasteiger partial charge in [0, 0.05) is 23.9 Å². The smallest absolute Gasteiger partial charge is 0.146 e. The van der Waals surface area contributed by atoms with Crippen molar-refractivity contribution in [3.63, 3.8) is 0 Å². The largest absolute Gasteiger partial charge is 0.392 e. The summed E-state index contributed by atoms with van der Waals surface area (Å²) in [5.41, 5.74) is 1.79. The summed E-state index contributed by atoms with van der Waals surface area (Å²) in [6, 6.07) is 0. The second kappa shape index (κ2) is 6.10. The van der Waals surface area contributed by atoms with Crippen LogP contribution in [0.25, 0.3) is 0 Å². The van der Waals surface area contributed by atoms with Crippen molar-refractivity contribution < 1.29 is 14.6 Å². The topological polar surface area (TPSA) is 46.5 Å². The summed E-state index contributed by atoms with van der Waals surface area (Å²) in [6.45, 7) is 10.5.